The van der Waals surface area contributed by atoms with Gasteiger partial charge in [0.05, 0.1) is 18.2 Å². The molecule has 0 aliphatic carbocycles. The zero-order valence-electron chi connectivity index (χ0n) is 8.76. The predicted octanol–water partition coefficient (Wildman–Crippen LogP) is 2.97. The van der Waals surface area contributed by atoms with E-state index in [1.807, 2.05) is 0 Å². The lowest BCUT2D eigenvalue weighted by atomic mass is 10.1. The second-order valence-electron chi connectivity index (χ2n) is 3.44. The number of H-pyrrole nitrogens is 1. The number of rotatable bonds is 1. The van der Waals surface area contributed by atoms with Crippen molar-refractivity contribution in [3.8, 4) is 0 Å². The molecule has 0 aliphatic rings. The van der Waals surface area contributed by atoms with E-state index >= 15 is 0 Å². The summed E-state index contributed by atoms with van der Waals surface area (Å²) in [6.07, 6.45) is -4.46. The van der Waals surface area contributed by atoms with Crippen molar-refractivity contribution in [3.63, 3.8) is 0 Å². The Hall–Kier alpha value is -1.98. The second-order valence-corrected chi connectivity index (χ2v) is 3.44. The third-order valence-electron chi connectivity index (χ3n) is 2.37. The van der Waals surface area contributed by atoms with Gasteiger partial charge in [-0.3, -0.25) is 0 Å². The molecule has 0 fully saturated rings. The molecule has 0 unspecified atom stereocenters. The zero-order chi connectivity index (χ0) is 12.6. The Morgan fingerprint density at radius 2 is 2.06 bits per heavy atom. The van der Waals surface area contributed by atoms with Crippen LogP contribution in [0.1, 0.15) is 16.1 Å². The molecule has 1 heterocycles. The Morgan fingerprint density at radius 3 is 2.65 bits per heavy atom. The van der Waals surface area contributed by atoms with Gasteiger partial charge in [-0.05, 0) is 12.1 Å². The highest BCUT2D eigenvalue weighted by atomic mass is 19.4. The van der Waals surface area contributed by atoms with E-state index in [9.17, 15) is 18.0 Å². The number of methoxy groups -OCH3 is 1. The first-order valence-corrected chi connectivity index (χ1v) is 4.70. The Bertz CT molecular complexity index is 572. The fourth-order valence-corrected chi connectivity index (χ4v) is 1.61. The monoisotopic (exact) mass is 243 g/mol. The van der Waals surface area contributed by atoms with Crippen molar-refractivity contribution in [1.82, 2.24) is 4.98 Å². The van der Waals surface area contributed by atoms with E-state index in [0.29, 0.717) is 5.39 Å². The molecule has 6 heteroatoms. The van der Waals surface area contributed by atoms with E-state index < -0.39 is 17.7 Å². The average molecular weight is 243 g/mol. The number of aromatic nitrogens is 1. The van der Waals surface area contributed by atoms with Gasteiger partial charge in [-0.2, -0.15) is 13.2 Å². The first-order chi connectivity index (χ1) is 7.93. The van der Waals surface area contributed by atoms with Gasteiger partial charge in [0, 0.05) is 5.39 Å². The topological polar surface area (TPSA) is 42.1 Å². The SMILES string of the molecule is COC(=O)c1cc2cccc(C(F)(F)F)c2[nH]1. The smallest absolute Gasteiger partial charge is 0.418 e. The molecule has 3 nitrogen and oxygen atoms in total. The minimum absolute atomic E-state index is 0.000741. The van der Waals surface area contributed by atoms with E-state index in [2.05, 4.69) is 9.72 Å². The van der Waals surface area contributed by atoms with E-state index in [4.69, 9.17) is 0 Å². The molecule has 0 saturated carbocycles. The molecule has 1 N–H and O–H groups in total. The third kappa shape index (κ3) is 1.98. The Kier molecular flexibility index (Phi) is 2.57. The van der Waals surface area contributed by atoms with Crippen LogP contribution in [0.25, 0.3) is 10.9 Å². The van der Waals surface area contributed by atoms with E-state index in [1.54, 1.807) is 0 Å². The number of hydrogen-bond acceptors (Lipinski definition) is 2. The highest BCUT2D eigenvalue weighted by molar-refractivity contribution is 5.95. The van der Waals surface area contributed by atoms with Crippen LogP contribution in [0.2, 0.25) is 0 Å². The summed E-state index contributed by atoms with van der Waals surface area (Å²) >= 11 is 0. The maximum atomic E-state index is 12.7. The summed E-state index contributed by atoms with van der Waals surface area (Å²) in [5.41, 5.74) is -0.912. The van der Waals surface area contributed by atoms with Crippen molar-refractivity contribution in [3.05, 3.63) is 35.5 Å². The number of para-hydroxylation sites is 1. The van der Waals surface area contributed by atoms with Crippen molar-refractivity contribution in [2.75, 3.05) is 7.11 Å². The van der Waals surface area contributed by atoms with Crippen LogP contribution in [0.3, 0.4) is 0 Å². The normalized spacial score (nSPS) is 11.8. The summed E-state index contributed by atoms with van der Waals surface area (Å²) in [4.78, 5) is 13.6. The molecule has 90 valence electrons. The summed E-state index contributed by atoms with van der Waals surface area (Å²) < 4.78 is 42.5. The van der Waals surface area contributed by atoms with Crippen molar-refractivity contribution < 1.29 is 22.7 Å². The lowest BCUT2D eigenvalue weighted by Crippen LogP contribution is -2.06. The molecular weight excluding hydrogens is 235 g/mol. The van der Waals surface area contributed by atoms with Crippen LogP contribution in [0.5, 0.6) is 0 Å². The van der Waals surface area contributed by atoms with Crippen LogP contribution in [-0.4, -0.2) is 18.1 Å². The van der Waals surface area contributed by atoms with Crippen LogP contribution in [0.4, 0.5) is 13.2 Å². The maximum absolute atomic E-state index is 12.7. The molecule has 2 rings (SSSR count). The van der Waals surface area contributed by atoms with Crippen molar-refractivity contribution in [2.24, 2.45) is 0 Å². The average Bonchev–Trinajstić information content (AvgIpc) is 2.69. The molecule has 1 aromatic heterocycles. The molecule has 0 spiro atoms. The minimum Gasteiger partial charge on any atom is -0.464 e. The van der Waals surface area contributed by atoms with Gasteiger partial charge >= 0.3 is 12.1 Å². The number of nitrogens with one attached hydrogen (secondary N) is 1. The second kappa shape index (κ2) is 3.80. The largest absolute Gasteiger partial charge is 0.464 e. The highest BCUT2D eigenvalue weighted by Gasteiger charge is 2.33. The van der Waals surface area contributed by atoms with Gasteiger partial charge in [-0.1, -0.05) is 12.1 Å². The first-order valence-electron chi connectivity index (χ1n) is 4.70. The van der Waals surface area contributed by atoms with Gasteiger partial charge in [-0.25, -0.2) is 4.79 Å². The van der Waals surface area contributed by atoms with E-state index in [0.717, 1.165) is 6.07 Å². The van der Waals surface area contributed by atoms with Crippen LogP contribution in [0, 0.1) is 0 Å². The fraction of sp³-hybridized carbons (Fsp3) is 0.182. The van der Waals surface area contributed by atoms with Crippen LogP contribution in [0.15, 0.2) is 24.3 Å². The molecule has 0 amide bonds. The van der Waals surface area contributed by atoms with E-state index in [1.165, 1.54) is 25.3 Å². The highest BCUT2D eigenvalue weighted by Crippen LogP contribution is 2.34. The summed E-state index contributed by atoms with van der Waals surface area (Å²) in [6.45, 7) is 0. The van der Waals surface area contributed by atoms with Crippen molar-refractivity contribution in [2.45, 2.75) is 6.18 Å². The van der Waals surface area contributed by atoms with Gasteiger partial charge in [0.2, 0.25) is 0 Å². The Balaban J connectivity index is 2.65. The lowest BCUT2D eigenvalue weighted by molar-refractivity contribution is -0.136. The van der Waals surface area contributed by atoms with Gasteiger partial charge in [0.25, 0.3) is 0 Å². The van der Waals surface area contributed by atoms with Gasteiger partial charge in [-0.15, -0.1) is 0 Å². The summed E-state index contributed by atoms with van der Waals surface area (Å²) in [5, 5.41) is 0.320. The van der Waals surface area contributed by atoms with Crippen molar-refractivity contribution >= 4 is 16.9 Å². The number of alkyl halides is 3. The van der Waals surface area contributed by atoms with Gasteiger partial charge in [0.1, 0.15) is 5.69 Å². The number of esters is 1. The Morgan fingerprint density at radius 1 is 1.35 bits per heavy atom. The number of carbonyl (C=O) groups is 1. The number of halogens is 3. The summed E-state index contributed by atoms with van der Waals surface area (Å²) in [7, 11) is 1.17. The third-order valence-corrected chi connectivity index (χ3v) is 2.37. The molecule has 1 aromatic carbocycles. The molecule has 0 atom stereocenters. The van der Waals surface area contributed by atoms with Crippen LogP contribution >= 0.6 is 0 Å². The van der Waals surface area contributed by atoms with Crippen LogP contribution < -0.4 is 0 Å². The number of aromatic amines is 1. The molecule has 0 radical (unpaired) electrons. The fourth-order valence-electron chi connectivity index (χ4n) is 1.61. The predicted molar refractivity (Wildman–Crippen MR) is 54.6 cm³/mol. The number of benzene rings is 1. The lowest BCUT2D eigenvalue weighted by Gasteiger charge is -2.07. The quantitative estimate of drug-likeness (QED) is 0.782. The van der Waals surface area contributed by atoms with Gasteiger partial charge in [0.15, 0.2) is 0 Å². The number of ether oxygens (including phenoxy) is 1. The minimum atomic E-state index is -4.46. The maximum Gasteiger partial charge on any atom is 0.418 e. The van der Waals surface area contributed by atoms with E-state index in [-0.39, 0.29) is 11.2 Å². The first kappa shape index (κ1) is 11.5. The summed E-state index contributed by atoms with van der Waals surface area (Å²) in [5.74, 6) is -0.700. The number of hydrogen-bond donors (Lipinski definition) is 1. The molecule has 17 heavy (non-hydrogen) atoms. The van der Waals surface area contributed by atoms with Crippen molar-refractivity contribution in [1.29, 1.82) is 0 Å². The zero-order valence-corrected chi connectivity index (χ0v) is 8.76. The number of carbonyl (C=O) groups excluding carboxylic acids is 1. The molecule has 0 saturated heterocycles. The molecular formula is C11H8F3NO2. The Labute approximate surface area is 94.2 Å². The molecule has 0 aliphatic heterocycles. The molecule has 2 aromatic rings. The molecule has 0 bridgehead atoms. The van der Waals surface area contributed by atoms with Gasteiger partial charge < -0.3 is 9.72 Å². The summed E-state index contributed by atoms with van der Waals surface area (Å²) in [6, 6.07) is 5.07. The van der Waals surface area contributed by atoms with Crippen LogP contribution in [-0.2, 0) is 10.9 Å². The number of fused-ring (bicyclic) bond motifs is 1. The standard InChI is InChI=1S/C11H8F3NO2/c1-17-10(16)8-5-6-3-2-4-7(9(6)15-8)11(12,13)14/h2-5,15H,1H3.